The smallest absolute Gasteiger partial charge is 0.295 e. The minimum atomic E-state index is -0.741. The van der Waals surface area contributed by atoms with E-state index in [-0.39, 0.29) is 11.3 Å². The summed E-state index contributed by atoms with van der Waals surface area (Å²) in [4.78, 5) is 29.7. The summed E-state index contributed by atoms with van der Waals surface area (Å²) in [6.07, 6.45) is 1.52. The first-order valence-electron chi connectivity index (χ1n) is 11.0. The van der Waals surface area contributed by atoms with E-state index in [1.54, 1.807) is 30.0 Å². The molecule has 8 heteroatoms. The lowest BCUT2D eigenvalue weighted by Crippen LogP contribution is -2.35. The van der Waals surface area contributed by atoms with Gasteiger partial charge >= 0.3 is 0 Å². The lowest BCUT2D eigenvalue weighted by Gasteiger charge is -2.26. The van der Waals surface area contributed by atoms with Gasteiger partial charge in [0, 0.05) is 13.1 Å². The van der Waals surface area contributed by atoms with Gasteiger partial charge in [-0.1, -0.05) is 30.3 Å². The quantitative estimate of drug-likeness (QED) is 0.331. The van der Waals surface area contributed by atoms with E-state index in [4.69, 9.17) is 4.74 Å². The van der Waals surface area contributed by atoms with Crippen LogP contribution in [-0.4, -0.2) is 70.7 Å². The van der Waals surface area contributed by atoms with Gasteiger partial charge in [0.05, 0.1) is 41.9 Å². The molecule has 1 saturated heterocycles. The molecule has 0 aliphatic carbocycles. The molecule has 0 saturated carbocycles. The molecule has 0 bridgehead atoms. The summed E-state index contributed by atoms with van der Waals surface area (Å²) in [5.74, 6) is -0.984. The van der Waals surface area contributed by atoms with Gasteiger partial charge in [0.25, 0.3) is 11.7 Å². The molecule has 1 aliphatic heterocycles. The summed E-state index contributed by atoms with van der Waals surface area (Å²) in [7, 11) is 5.36. The number of carbonyl (C=O) groups is 2. The summed E-state index contributed by atoms with van der Waals surface area (Å²) < 4.78 is 7.06. The molecule has 2 aromatic carbocycles. The maximum atomic E-state index is 13.2. The second-order valence-corrected chi connectivity index (χ2v) is 8.46. The fraction of sp³-hybridized carbons (Fsp3) is 0.269. The number of hydrogen-bond donors (Lipinski definition) is 1. The molecule has 4 rings (SSSR count). The number of hydrogen-bond acceptors (Lipinski definition) is 6. The van der Waals surface area contributed by atoms with Crippen molar-refractivity contribution in [1.82, 2.24) is 19.6 Å². The summed E-state index contributed by atoms with van der Waals surface area (Å²) in [6, 6.07) is 16.0. The molecule has 1 aromatic heterocycles. The Morgan fingerprint density at radius 3 is 2.53 bits per heavy atom. The van der Waals surface area contributed by atoms with Crippen LogP contribution in [0.1, 0.15) is 22.9 Å². The van der Waals surface area contributed by atoms with Crippen molar-refractivity contribution < 1.29 is 19.4 Å². The van der Waals surface area contributed by atoms with Crippen molar-refractivity contribution >= 4 is 17.4 Å². The topological polar surface area (TPSA) is 87.9 Å². The molecule has 0 radical (unpaired) electrons. The molecule has 34 heavy (non-hydrogen) atoms. The average Bonchev–Trinajstić information content (AvgIpc) is 3.35. The van der Waals surface area contributed by atoms with E-state index in [1.807, 2.05) is 62.3 Å². The zero-order chi connectivity index (χ0) is 24.4. The van der Waals surface area contributed by atoms with Crippen LogP contribution in [0.15, 0.2) is 66.4 Å². The number of rotatable bonds is 7. The van der Waals surface area contributed by atoms with Crippen LogP contribution in [0.2, 0.25) is 0 Å². The molecule has 1 amide bonds. The standard InChI is InChI=1S/C26H28N4O4/c1-17-21(16-27-30(17)19-10-6-5-7-11-19)24(31)22-23(18-9-8-12-20(15-18)34-4)29(14-13-28(2)3)26(33)25(22)32/h5-12,15-16,23,31H,13-14H2,1-4H3/b24-22+/t23-/m1/s1. The molecule has 0 spiro atoms. The van der Waals surface area contributed by atoms with Gasteiger partial charge in [-0.2, -0.15) is 5.10 Å². The molecular formula is C26H28N4O4. The molecule has 1 fully saturated rings. The van der Waals surface area contributed by atoms with Crippen molar-refractivity contribution in [3.8, 4) is 11.4 Å². The fourth-order valence-corrected chi connectivity index (χ4v) is 4.19. The lowest BCUT2D eigenvalue weighted by atomic mass is 9.95. The predicted octanol–water partition coefficient (Wildman–Crippen LogP) is 3.17. The molecule has 2 heterocycles. The van der Waals surface area contributed by atoms with Gasteiger partial charge in [0.15, 0.2) is 0 Å². The van der Waals surface area contributed by atoms with Crippen LogP contribution in [0.25, 0.3) is 11.4 Å². The fourth-order valence-electron chi connectivity index (χ4n) is 4.19. The third kappa shape index (κ3) is 4.20. The minimum absolute atomic E-state index is 0.0488. The SMILES string of the molecule is COc1cccc([C@@H]2/C(=C(\O)c3cnn(-c4ccccc4)c3C)C(=O)C(=O)N2CCN(C)C)c1. The Morgan fingerprint density at radius 1 is 1.12 bits per heavy atom. The average molecular weight is 461 g/mol. The molecular weight excluding hydrogens is 432 g/mol. The summed E-state index contributed by atoms with van der Waals surface area (Å²) in [5, 5.41) is 15.8. The highest BCUT2D eigenvalue weighted by atomic mass is 16.5. The van der Waals surface area contributed by atoms with Gasteiger partial charge in [-0.05, 0) is 50.8 Å². The van der Waals surface area contributed by atoms with Gasteiger partial charge in [-0.15, -0.1) is 0 Å². The molecule has 1 atom stereocenters. The van der Waals surface area contributed by atoms with E-state index in [0.29, 0.717) is 35.7 Å². The monoisotopic (exact) mass is 460 g/mol. The van der Waals surface area contributed by atoms with Gasteiger partial charge < -0.3 is 19.6 Å². The summed E-state index contributed by atoms with van der Waals surface area (Å²) >= 11 is 0. The number of ketones is 1. The van der Waals surface area contributed by atoms with Gasteiger partial charge in [0.2, 0.25) is 0 Å². The number of carbonyl (C=O) groups excluding carboxylic acids is 2. The maximum absolute atomic E-state index is 13.2. The van der Waals surface area contributed by atoms with Crippen molar-refractivity contribution in [3.63, 3.8) is 0 Å². The highest BCUT2D eigenvalue weighted by molar-refractivity contribution is 6.46. The van der Waals surface area contributed by atoms with Gasteiger partial charge in [-0.25, -0.2) is 4.68 Å². The number of aromatic nitrogens is 2. The number of nitrogens with zero attached hydrogens (tertiary/aromatic N) is 4. The first-order valence-corrected chi connectivity index (χ1v) is 11.0. The normalized spacial score (nSPS) is 17.6. The molecule has 0 unspecified atom stereocenters. The van der Waals surface area contributed by atoms with E-state index in [1.165, 1.54) is 11.1 Å². The Balaban J connectivity index is 1.86. The Morgan fingerprint density at radius 2 is 1.85 bits per heavy atom. The van der Waals surface area contributed by atoms with E-state index in [9.17, 15) is 14.7 Å². The lowest BCUT2D eigenvalue weighted by molar-refractivity contribution is -0.140. The number of benzene rings is 2. The van der Waals surface area contributed by atoms with Crippen LogP contribution >= 0.6 is 0 Å². The molecule has 8 nitrogen and oxygen atoms in total. The van der Waals surface area contributed by atoms with E-state index >= 15 is 0 Å². The van der Waals surface area contributed by atoms with E-state index in [2.05, 4.69) is 5.10 Å². The van der Waals surface area contributed by atoms with Crippen molar-refractivity contribution in [2.24, 2.45) is 0 Å². The number of amides is 1. The summed E-state index contributed by atoms with van der Waals surface area (Å²) in [5.41, 5.74) is 2.63. The predicted molar refractivity (Wildman–Crippen MR) is 129 cm³/mol. The van der Waals surface area contributed by atoms with Crippen LogP contribution in [0.4, 0.5) is 0 Å². The maximum Gasteiger partial charge on any atom is 0.295 e. The number of Topliss-reactive ketones (excluding diaryl/α,β-unsaturated/α-hetero) is 1. The highest BCUT2D eigenvalue weighted by Gasteiger charge is 2.46. The van der Waals surface area contributed by atoms with Crippen molar-refractivity contribution in [3.05, 3.63) is 83.2 Å². The number of likely N-dealkylation sites (tertiary alicyclic amines) is 1. The molecule has 176 valence electrons. The first-order chi connectivity index (χ1) is 16.3. The second-order valence-electron chi connectivity index (χ2n) is 8.46. The van der Waals surface area contributed by atoms with Gasteiger partial charge in [0.1, 0.15) is 11.5 Å². The number of methoxy groups -OCH3 is 1. The largest absolute Gasteiger partial charge is 0.507 e. The zero-order valence-electron chi connectivity index (χ0n) is 19.7. The van der Waals surface area contributed by atoms with Crippen molar-refractivity contribution in [1.29, 1.82) is 0 Å². The number of ether oxygens (including phenoxy) is 1. The zero-order valence-corrected chi connectivity index (χ0v) is 19.7. The van der Waals surface area contributed by atoms with Crippen LogP contribution in [0, 0.1) is 6.92 Å². The second kappa shape index (κ2) is 9.52. The number of likely N-dealkylation sites (N-methyl/N-ethyl adjacent to an activating group) is 1. The summed E-state index contributed by atoms with van der Waals surface area (Å²) in [6.45, 7) is 2.72. The Bertz CT molecular complexity index is 1250. The van der Waals surface area contributed by atoms with Crippen LogP contribution in [0.3, 0.4) is 0 Å². The van der Waals surface area contributed by atoms with Crippen LogP contribution < -0.4 is 4.74 Å². The Kier molecular flexibility index (Phi) is 6.51. The third-order valence-corrected chi connectivity index (χ3v) is 6.00. The van der Waals surface area contributed by atoms with Gasteiger partial charge in [-0.3, -0.25) is 9.59 Å². The number of aliphatic hydroxyl groups is 1. The highest BCUT2D eigenvalue weighted by Crippen LogP contribution is 2.40. The number of para-hydroxylation sites is 1. The molecule has 3 aromatic rings. The number of aliphatic hydroxyl groups excluding tert-OH is 1. The molecule has 1 N–H and O–H groups in total. The van der Waals surface area contributed by atoms with Crippen LogP contribution in [0.5, 0.6) is 5.75 Å². The van der Waals surface area contributed by atoms with E-state index in [0.717, 1.165) is 5.69 Å². The Labute approximate surface area is 198 Å². The van der Waals surface area contributed by atoms with Crippen molar-refractivity contribution in [2.45, 2.75) is 13.0 Å². The third-order valence-electron chi connectivity index (χ3n) is 6.00. The van der Waals surface area contributed by atoms with Crippen LogP contribution in [-0.2, 0) is 9.59 Å². The first kappa shape index (κ1) is 23.3. The van der Waals surface area contributed by atoms with Crippen molar-refractivity contribution in [2.75, 3.05) is 34.3 Å². The minimum Gasteiger partial charge on any atom is -0.507 e. The molecule has 1 aliphatic rings. The van der Waals surface area contributed by atoms with E-state index < -0.39 is 17.7 Å². The Hall–Kier alpha value is -3.91.